The maximum atomic E-state index is 12.1. The number of amides is 1. The van der Waals surface area contributed by atoms with E-state index in [0.29, 0.717) is 24.2 Å². The van der Waals surface area contributed by atoms with Crippen LogP contribution in [0, 0.1) is 0 Å². The van der Waals surface area contributed by atoms with E-state index in [0.717, 1.165) is 0 Å². The van der Waals surface area contributed by atoms with E-state index in [4.69, 9.17) is 0 Å². The van der Waals surface area contributed by atoms with Crippen molar-refractivity contribution >= 4 is 15.7 Å². The molecule has 0 aromatic heterocycles. The summed E-state index contributed by atoms with van der Waals surface area (Å²) >= 11 is 0. The third-order valence-electron chi connectivity index (χ3n) is 2.65. The van der Waals surface area contributed by atoms with E-state index in [1.165, 1.54) is 6.26 Å². The minimum atomic E-state index is -3.08. The van der Waals surface area contributed by atoms with Crippen LogP contribution in [0.25, 0.3) is 0 Å². The number of carbonyl (C=O) groups excluding carboxylic acids is 1. The Bertz CT molecular complexity index is 519. The number of nitrogens with zero attached hydrogens (tertiary/aromatic N) is 1. The second-order valence-electron chi connectivity index (χ2n) is 4.25. The van der Waals surface area contributed by atoms with Crippen molar-refractivity contribution in [2.75, 3.05) is 19.3 Å². The van der Waals surface area contributed by atoms with E-state index in [1.807, 2.05) is 13.8 Å². The summed E-state index contributed by atoms with van der Waals surface area (Å²) in [5.74, 6) is -0.0952. The summed E-state index contributed by atoms with van der Waals surface area (Å²) in [4.78, 5) is 13.8. The highest BCUT2D eigenvalue weighted by Crippen LogP contribution is 2.11. The molecule has 1 aromatic carbocycles. The molecule has 0 aliphatic rings. The summed E-state index contributed by atoms with van der Waals surface area (Å²) < 4.78 is 22.5. The van der Waals surface area contributed by atoms with Crippen molar-refractivity contribution in [3.63, 3.8) is 0 Å². The van der Waals surface area contributed by atoms with E-state index in [1.54, 1.807) is 29.2 Å². The minimum absolute atomic E-state index is 0.0353. The van der Waals surface area contributed by atoms with E-state index < -0.39 is 9.84 Å². The van der Waals surface area contributed by atoms with Crippen LogP contribution in [0.15, 0.2) is 24.3 Å². The lowest BCUT2D eigenvalue weighted by atomic mass is 10.1. The average Bonchev–Trinajstić information content (AvgIpc) is 2.28. The van der Waals surface area contributed by atoms with Crippen LogP contribution in [0.4, 0.5) is 0 Å². The van der Waals surface area contributed by atoms with E-state index in [9.17, 15) is 13.2 Å². The molecule has 0 unspecified atom stereocenters. The van der Waals surface area contributed by atoms with E-state index in [2.05, 4.69) is 0 Å². The first-order valence-corrected chi connectivity index (χ1v) is 7.99. The Morgan fingerprint density at radius 2 is 1.83 bits per heavy atom. The first kappa shape index (κ1) is 14.7. The van der Waals surface area contributed by atoms with Gasteiger partial charge < -0.3 is 4.90 Å². The van der Waals surface area contributed by atoms with Gasteiger partial charge in [-0.1, -0.05) is 12.1 Å². The van der Waals surface area contributed by atoms with Gasteiger partial charge in [-0.3, -0.25) is 4.79 Å². The normalized spacial score (nSPS) is 11.3. The van der Waals surface area contributed by atoms with Gasteiger partial charge in [0.15, 0.2) is 9.84 Å². The molecule has 0 aliphatic heterocycles. The molecule has 0 atom stereocenters. The first-order chi connectivity index (χ1) is 8.37. The Morgan fingerprint density at radius 1 is 1.22 bits per heavy atom. The van der Waals surface area contributed by atoms with Crippen LogP contribution in [-0.4, -0.2) is 38.6 Å². The molecular weight excluding hydrogens is 250 g/mol. The maximum absolute atomic E-state index is 12.1. The van der Waals surface area contributed by atoms with Crippen LogP contribution in [-0.2, 0) is 15.6 Å². The first-order valence-electron chi connectivity index (χ1n) is 5.93. The van der Waals surface area contributed by atoms with Gasteiger partial charge in [-0.05, 0) is 31.5 Å². The topological polar surface area (TPSA) is 54.5 Å². The molecule has 0 heterocycles. The Labute approximate surface area is 109 Å². The molecule has 1 amide bonds. The van der Waals surface area contributed by atoms with Crippen molar-refractivity contribution in [3.8, 4) is 0 Å². The molecule has 5 heteroatoms. The number of rotatable bonds is 5. The van der Waals surface area contributed by atoms with Crippen molar-refractivity contribution in [2.24, 2.45) is 0 Å². The Kier molecular flexibility index (Phi) is 4.90. The fourth-order valence-electron chi connectivity index (χ4n) is 1.79. The molecule has 1 rings (SSSR count). The zero-order chi connectivity index (χ0) is 13.8. The van der Waals surface area contributed by atoms with Gasteiger partial charge >= 0.3 is 0 Å². The summed E-state index contributed by atoms with van der Waals surface area (Å²) in [7, 11) is -3.08. The Balaban J connectivity index is 2.98. The van der Waals surface area contributed by atoms with Crippen LogP contribution >= 0.6 is 0 Å². The van der Waals surface area contributed by atoms with Gasteiger partial charge in [0, 0.05) is 24.9 Å². The molecule has 0 saturated heterocycles. The standard InChI is InChI=1S/C13H19NO3S/c1-4-14(5-2)13(15)12-8-6-7-11(9-12)10-18(3,16)17/h6-9H,4-5,10H2,1-3H3. The fraction of sp³-hybridized carbons (Fsp3) is 0.462. The van der Waals surface area contributed by atoms with Gasteiger partial charge in [0.25, 0.3) is 5.91 Å². The molecule has 4 nitrogen and oxygen atoms in total. The molecule has 0 spiro atoms. The zero-order valence-corrected chi connectivity index (χ0v) is 11.8. The quantitative estimate of drug-likeness (QED) is 0.817. The lowest BCUT2D eigenvalue weighted by Crippen LogP contribution is -2.30. The predicted molar refractivity (Wildman–Crippen MR) is 72.2 cm³/mol. The molecule has 1 aromatic rings. The second kappa shape index (κ2) is 6.00. The Morgan fingerprint density at radius 3 is 2.33 bits per heavy atom. The van der Waals surface area contributed by atoms with Gasteiger partial charge in [-0.2, -0.15) is 0 Å². The van der Waals surface area contributed by atoms with Crippen molar-refractivity contribution in [1.82, 2.24) is 4.90 Å². The molecule has 100 valence electrons. The van der Waals surface area contributed by atoms with Crippen LogP contribution in [0.5, 0.6) is 0 Å². The molecular formula is C13H19NO3S. The maximum Gasteiger partial charge on any atom is 0.253 e. The summed E-state index contributed by atoms with van der Waals surface area (Å²) in [5.41, 5.74) is 1.19. The van der Waals surface area contributed by atoms with Crippen LogP contribution in [0.2, 0.25) is 0 Å². The fourth-order valence-corrected chi connectivity index (χ4v) is 2.58. The minimum Gasteiger partial charge on any atom is -0.339 e. The molecule has 0 N–H and O–H groups in total. The molecule has 0 radical (unpaired) electrons. The van der Waals surface area contributed by atoms with Gasteiger partial charge in [0.05, 0.1) is 5.75 Å². The molecule has 0 bridgehead atoms. The summed E-state index contributed by atoms with van der Waals surface area (Å²) in [6, 6.07) is 6.81. The summed E-state index contributed by atoms with van der Waals surface area (Å²) in [6.45, 7) is 5.13. The van der Waals surface area contributed by atoms with E-state index >= 15 is 0 Å². The van der Waals surface area contributed by atoms with Crippen molar-refractivity contribution in [3.05, 3.63) is 35.4 Å². The largest absolute Gasteiger partial charge is 0.339 e. The highest BCUT2D eigenvalue weighted by Gasteiger charge is 2.13. The van der Waals surface area contributed by atoms with E-state index in [-0.39, 0.29) is 11.7 Å². The molecule has 0 aliphatic carbocycles. The van der Waals surface area contributed by atoms with Crippen LogP contribution < -0.4 is 0 Å². The second-order valence-corrected chi connectivity index (χ2v) is 6.39. The van der Waals surface area contributed by atoms with Gasteiger partial charge in [-0.25, -0.2) is 8.42 Å². The third-order valence-corrected chi connectivity index (χ3v) is 3.51. The highest BCUT2D eigenvalue weighted by atomic mass is 32.2. The predicted octanol–water partition coefficient (Wildman–Crippen LogP) is 1.71. The lowest BCUT2D eigenvalue weighted by Gasteiger charge is -2.18. The molecule has 0 fully saturated rings. The van der Waals surface area contributed by atoms with Crippen molar-refractivity contribution in [1.29, 1.82) is 0 Å². The number of hydrogen-bond donors (Lipinski definition) is 0. The van der Waals surface area contributed by atoms with Crippen LogP contribution in [0.1, 0.15) is 29.8 Å². The monoisotopic (exact) mass is 269 g/mol. The third kappa shape index (κ3) is 4.14. The lowest BCUT2D eigenvalue weighted by molar-refractivity contribution is 0.0773. The number of hydrogen-bond acceptors (Lipinski definition) is 3. The Hall–Kier alpha value is -1.36. The summed E-state index contributed by atoms with van der Waals surface area (Å²) in [6.07, 6.45) is 1.19. The number of benzene rings is 1. The molecule has 0 saturated carbocycles. The van der Waals surface area contributed by atoms with Gasteiger partial charge in [0.2, 0.25) is 0 Å². The molecule has 18 heavy (non-hydrogen) atoms. The highest BCUT2D eigenvalue weighted by molar-refractivity contribution is 7.89. The average molecular weight is 269 g/mol. The van der Waals surface area contributed by atoms with Crippen molar-refractivity contribution in [2.45, 2.75) is 19.6 Å². The van der Waals surface area contributed by atoms with Gasteiger partial charge in [-0.15, -0.1) is 0 Å². The zero-order valence-electron chi connectivity index (χ0n) is 11.0. The van der Waals surface area contributed by atoms with Crippen LogP contribution in [0.3, 0.4) is 0 Å². The van der Waals surface area contributed by atoms with Gasteiger partial charge in [0.1, 0.15) is 0 Å². The van der Waals surface area contributed by atoms with Crippen molar-refractivity contribution < 1.29 is 13.2 Å². The SMILES string of the molecule is CCN(CC)C(=O)c1cccc(CS(C)(=O)=O)c1. The summed E-state index contributed by atoms with van der Waals surface area (Å²) in [5, 5.41) is 0. The smallest absolute Gasteiger partial charge is 0.253 e. The number of carbonyl (C=O) groups is 1. The number of sulfone groups is 1.